The molecule has 0 unspecified atom stereocenters. The first-order valence-corrected chi connectivity index (χ1v) is 5.63. The van der Waals surface area contributed by atoms with Gasteiger partial charge < -0.3 is 5.32 Å². The van der Waals surface area contributed by atoms with Gasteiger partial charge in [0.1, 0.15) is 0 Å². The fourth-order valence-electron chi connectivity index (χ4n) is 1.62. The van der Waals surface area contributed by atoms with E-state index in [-0.39, 0.29) is 0 Å². The first-order chi connectivity index (χ1) is 8.78. The van der Waals surface area contributed by atoms with Gasteiger partial charge in [0.25, 0.3) is 0 Å². The zero-order valence-corrected chi connectivity index (χ0v) is 10.1. The Morgan fingerprint density at radius 1 is 1.17 bits per heavy atom. The van der Waals surface area contributed by atoms with Crippen molar-refractivity contribution in [3.8, 4) is 0 Å². The highest BCUT2D eigenvalue weighted by Gasteiger charge is 1.93. The number of amides is 1. The summed E-state index contributed by atoms with van der Waals surface area (Å²) in [5.41, 5.74) is 3.63. The smallest absolute Gasteiger partial charge is 0.314 e. The van der Waals surface area contributed by atoms with Crippen LogP contribution in [0.25, 0.3) is 12.2 Å². The van der Waals surface area contributed by atoms with E-state index in [1.807, 2.05) is 61.5 Å². The Kier molecular flexibility index (Phi) is 3.86. The Balaban J connectivity index is 2.18. The van der Waals surface area contributed by atoms with E-state index in [1.165, 1.54) is 0 Å². The van der Waals surface area contributed by atoms with E-state index in [4.69, 9.17) is 0 Å². The third-order valence-corrected chi connectivity index (χ3v) is 2.44. The highest BCUT2D eigenvalue weighted by atomic mass is 16.1. The van der Waals surface area contributed by atoms with Gasteiger partial charge >= 0.3 is 6.41 Å². The largest absolute Gasteiger partial charge is 0.318 e. The van der Waals surface area contributed by atoms with E-state index in [1.54, 1.807) is 6.41 Å². The summed E-state index contributed by atoms with van der Waals surface area (Å²) in [6.07, 6.45) is 5.55. The Labute approximate surface area is 106 Å². The van der Waals surface area contributed by atoms with Crippen molar-refractivity contribution in [2.45, 2.75) is 6.92 Å². The summed E-state index contributed by atoms with van der Waals surface area (Å²) in [5.74, 6) is 0. The summed E-state index contributed by atoms with van der Waals surface area (Å²) in [6.45, 7) is 1.96. The normalized spacial score (nSPS) is 10.5. The molecule has 0 bridgehead atoms. The molecule has 0 aliphatic carbocycles. The summed E-state index contributed by atoms with van der Waals surface area (Å²) in [6, 6.07) is 13.4. The van der Waals surface area contributed by atoms with Crippen LogP contribution in [0.15, 0.2) is 42.5 Å². The number of hydrogen-bond acceptors (Lipinski definition) is 2. The van der Waals surface area contributed by atoms with Crippen LogP contribution in [0.4, 0.5) is 5.69 Å². The van der Waals surface area contributed by atoms with E-state index < -0.39 is 0 Å². The lowest BCUT2D eigenvalue weighted by Crippen LogP contribution is -1.92. The van der Waals surface area contributed by atoms with Crippen molar-refractivity contribution in [3.63, 3.8) is 0 Å². The molecule has 1 N–H and O–H groups in total. The predicted molar refractivity (Wildman–Crippen MR) is 73.7 cm³/mol. The molecule has 1 aromatic carbocycles. The first kappa shape index (κ1) is 12.0. The number of benzene rings is 1. The van der Waals surface area contributed by atoms with E-state index in [9.17, 15) is 4.79 Å². The standard InChI is InChI=1S/C15H13N2O/c1-12-4-2-6-14(17-12)9-8-13-5-3-7-15(10-13)16-11-18/h2-10H,1H3,(H,16,18). The lowest BCUT2D eigenvalue weighted by atomic mass is 10.1. The molecule has 3 heteroatoms. The maximum atomic E-state index is 10.2. The van der Waals surface area contributed by atoms with E-state index in [0.717, 1.165) is 22.6 Å². The number of nitrogens with one attached hydrogen (secondary N) is 1. The number of aromatic nitrogens is 1. The van der Waals surface area contributed by atoms with E-state index in [2.05, 4.69) is 10.3 Å². The second-order valence-electron chi connectivity index (χ2n) is 3.89. The van der Waals surface area contributed by atoms with Gasteiger partial charge in [0.05, 0.1) is 5.69 Å². The summed E-state index contributed by atoms with van der Waals surface area (Å²) in [4.78, 5) is 14.6. The van der Waals surface area contributed by atoms with Gasteiger partial charge in [-0.1, -0.05) is 24.3 Å². The van der Waals surface area contributed by atoms with Crippen molar-refractivity contribution in [2.75, 3.05) is 5.32 Å². The zero-order chi connectivity index (χ0) is 12.8. The summed E-state index contributed by atoms with van der Waals surface area (Å²) in [7, 11) is 0. The van der Waals surface area contributed by atoms with Gasteiger partial charge in [-0.2, -0.15) is 0 Å². The molecule has 0 aliphatic heterocycles. The highest BCUT2D eigenvalue weighted by Crippen LogP contribution is 2.12. The monoisotopic (exact) mass is 237 g/mol. The number of rotatable bonds is 4. The van der Waals surface area contributed by atoms with E-state index in [0.29, 0.717) is 0 Å². The first-order valence-electron chi connectivity index (χ1n) is 5.63. The van der Waals surface area contributed by atoms with Crippen LogP contribution in [0.2, 0.25) is 0 Å². The van der Waals surface area contributed by atoms with E-state index >= 15 is 0 Å². The van der Waals surface area contributed by atoms with Crippen molar-refractivity contribution in [1.82, 2.24) is 4.98 Å². The van der Waals surface area contributed by atoms with Gasteiger partial charge in [0.2, 0.25) is 0 Å². The number of carbonyl (C=O) groups excluding carboxylic acids is 1. The van der Waals surface area contributed by atoms with Gasteiger partial charge in [-0.3, -0.25) is 9.78 Å². The highest BCUT2D eigenvalue weighted by molar-refractivity contribution is 5.75. The lowest BCUT2D eigenvalue weighted by molar-refractivity contribution is 0.561. The van der Waals surface area contributed by atoms with Crippen LogP contribution in [0.5, 0.6) is 0 Å². The average Bonchev–Trinajstić information content (AvgIpc) is 2.37. The molecule has 0 fully saturated rings. The quantitative estimate of drug-likeness (QED) is 0.830. The predicted octanol–water partition coefficient (Wildman–Crippen LogP) is 3.04. The van der Waals surface area contributed by atoms with Crippen molar-refractivity contribution in [2.24, 2.45) is 0 Å². The van der Waals surface area contributed by atoms with Gasteiger partial charge in [0, 0.05) is 11.4 Å². The Bertz CT molecular complexity index is 576. The van der Waals surface area contributed by atoms with Crippen molar-refractivity contribution in [1.29, 1.82) is 0 Å². The van der Waals surface area contributed by atoms with Crippen LogP contribution in [0.1, 0.15) is 17.0 Å². The maximum Gasteiger partial charge on any atom is 0.314 e. The molecule has 1 radical (unpaired) electrons. The number of anilines is 1. The Hall–Kier alpha value is -2.42. The third-order valence-electron chi connectivity index (χ3n) is 2.44. The minimum atomic E-state index is 0.726. The van der Waals surface area contributed by atoms with Crippen LogP contribution in [0.3, 0.4) is 0 Å². The third kappa shape index (κ3) is 3.28. The number of hydrogen-bond donors (Lipinski definition) is 1. The second kappa shape index (κ2) is 5.77. The molecule has 0 aliphatic rings. The SMILES string of the molecule is Cc1cccc(C=Cc2cccc(N[C]=O)c2)n1. The molecule has 18 heavy (non-hydrogen) atoms. The van der Waals surface area contributed by atoms with Crippen molar-refractivity contribution < 1.29 is 4.79 Å². The van der Waals surface area contributed by atoms with Crippen molar-refractivity contribution in [3.05, 3.63) is 59.4 Å². The van der Waals surface area contributed by atoms with Crippen LogP contribution in [-0.2, 0) is 4.79 Å². The second-order valence-corrected chi connectivity index (χ2v) is 3.89. The van der Waals surface area contributed by atoms with Crippen LogP contribution in [-0.4, -0.2) is 11.4 Å². The molecular formula is C15H13N2O. The number of pyridine rings is 1. The Morgan fingerprint density at radius 2 is 2.00 bits per heavy atom. The van der Waals surface area contributed by atoms with Gasteiger partial charge in [-0.15, -0.1) is 0 Å². The topological polar surface area (TPSA) is 42.0 Å². The molecule has 2 aromatic rings. The summed E-state index contributed by atoms with van der Waals surface area (Å²) < 4.78 is 0. The molecule has 2 rings (SSSR count). The molecule has 1 amide bonds. The molecule has 0 saturated carbocycles. The molecule has 1 aromatic heterocycles. The fourth-order valence-corrected chi connectivity index (χ4v) is 1.62. The molecule has 0 spiro atoms. The van der Waals surface area contributed by atoms with Gasteiger partial charge in [-0.25, -0.2) is 0 Å². The molecule has 1 heterocycles. The molecule has 0 atom stereocenters. The number of aryl methyl sites for hydroxylation is 1. The summed E-state index contributed by atoms with van der Waals surface area (Å²) >= 11 is 0. The van der Waals surface area contributed by atoms with Crippen LogP contribution >= 0.6 is 0 Å². The zero-order valence-electron chi connectivity index (χ0n) is 10.1. The van der Waals surface area contributed by atoms with Crippen molar-refractivity contribution >= 4 is 24.2 Å². The summed E-state index contributed by atoms with van der Waals surface area (Å²) in [5, 5.41) is 2.50. The Morgan fingerprint density at radius 3 is 2.78 bits per heavy atom. The molecular weight excluding hydrogens is 224 g/mol. The van der Waals surface area contributed by atoms with Gasteiger partial charge in [0.15, 0.2) is 0 Å². The minimum Gasteiger partial charge on any atom is -0.318 e. The van der Waals surface area contributed by atoms with Crippen LogP contribution in [0, 0.1) is 6.92 Å². The molecule has 3 nitrogen and oxygen atoms in total. The van der Waals surface area contributed by atoms with Crippen LogP contribution < -0.4 is 5.32 Å². The average molecular weight is 237 g/mol. The molecule has 0 saturated heterocycles. The maximum absolute atomic E-state index is 10.2. The fraction of sp³-hybridized carbons (Fsp3) is 0.0667. The number of nitrogens with zero attached hydrogens (tertiary/aromatic N) is 1. The minimum absolute atomic E-state index is 0.726. The van der Waals surface area contributed by atoms with Gasteiger partial charge in [-0.05, 0) is 42.8 Å². The lowest BCUT2D eigenvalue weighted by Gasteiger charge is -1.99. The molecule has 89 valence electrons.